The molecular formula is C15H26N2O2. The van der Waals surface area contributed by atoms with E-state index >= 15 is 0 Å². The zero-order valence-corrected chi connectivity index (χ0v) is 12.6. The summed E-state index contributed by atoms with van der Waals surface area (Å²) in [7, 11) is 3.70. The highest BCUT2D eigenvalue weighted by atomic mass is 16.5. The first kappa shape index (κ1) is 15.8. The first-order valence-electron chi connectivity index (χ1n) is 6.79. The van der Waals surface area contributed by atoms with E-state index in [-0.39, 0.29) is 12.1 Å². The molecule has 1 rings (SSSR count). The number of hydrogen-bond donors (Lipinski definition) is 2. The van der Waals surface area contributed by atoms with Crippen LogP contribution in [0.3, 0.4) is 0 Å². The number of phenolic OH excluding ortho intramolecular Hbond substituents is 1. The number of aromatic hydroxyl groups is 1. The van der Waals surface area contributed by atoms with Crippen molar-refractivity contribution in [1.29, 1.82) is 0 Å². The molecule has 0 fully saturated rings. The van der Waals surface area contributed by atoms with E-state index in [1.54, 1.807) is 7.11 Å². The summed E-state index contributed by atoms with van der Waals surface area (Å²) in [6, 6.07) is 6.25. The molecule has 2 unspecified atom stereocenters. The first-order valence-corrected chi connectivity index (χ1v) is 6.79. The second-order valence-corrected chi connectivity index (χ2v) is 4.94. The largest absolute Gasteiger partial charge is 0.508 e. The second-order valence-electron chi connectivity index (χ2n) is 4.94. The van der Waals surface area contributed by atoms with Gasteiger partial charge in [-0.3, -0.25) is 0 Å². The van der Waals surface area contributed by atoms with Crippen LogP contribution in [0, 0.1) is 0 Å². The smallest absolute Gasteiger partial charge is 0.122 e. The molecule has 0 aliphatic rings. The van der Waals surface area contributed by atoms with Crippen LogP contribution in [-0.4, -0.2) is 38.5 Å². The number of ether oxygens (including phenoxy) is 1. The number of anilines is 1. The molecule has 1 aromatic rings. The monoisotopic (exact) mass is 266 g/mol. The maximum absolute atomic E-state index is 10.2. The van der Waals surface area contributed by atoms with Crippen LogP contribution in [0.25, 0.3) is 0 Å². The van der Waals surface area contributed by atoms with E-state index in [9.17, 15) is 5.11 Å². The summed E-state index contributed by atoms with van der Waals surface area (Å²) in [5.41, 5.74) is 1.92. The van der Waals surface area contributed by atoms with Crippen molar-refractivity contribution in [3.8, 4) is 5.75 Å². The molecule has 108 valence electrons. The topological polar surface area (TPSA) is 44.7 Å². The van der Waals surface area contributed by atoms with E-state index in [4.69, 9.17) is 4.74 Å². The molecule has 0 spiro atoms. The average molecular weight is 266 g/mol. The second kappa shape index (κ2) is 7.36. The number of phenols is 1. The van der Waals surface area contributed by atoms with E-state index < -0.39 is 0 Å². The summed E-state index contributed by atoms with van der Waals surface area (Å²) in [6.45, 7) is 7.74. The van der Waals surface area contributed by atoms with Crippen LogP contribution in [0.1, 0.15) is 32.4 Å². The summed E-state index contributed by atoms with van der Waals surface area (Å²) in [6.07, 6.45) is 0. The molecule has 0 heterocycles. The molecule has 0 aliphatic carbocycles. The molecule has 1 aromatic carbocycles. The summed E-state index contributed by atoms with van der Waals surface area (Å²) in [5, 5.41) is 13.5. The third-order valence-corrected chi connectivity index (χ3v) is 3.47. The van der Waals surface area contributed by atoms with Crippen LogP contribution in [0.2, 0.25) is 0 Å². The van der Waals surface area contributed by atoms with Crippen LogP contribution in [0.5, 0.6) is 5.75 Å². The van der Waals surface area contributed by atoms with E-state index in [0.29, 0.717) is 12.4 Å². The lowest BCUT2D eigenvalue weighted by atomic mass is 10.1. The van der Waals surface area contributed by atoms with Gasteiger partial charge in [-0.25, -0.2) is 0 Å². The SMILES string of the molecule is CCNC(C)c1ccc(N(C)C(C)COC)cc1O. The Morgan fingerprint density at radius 1 is 1.37 bits per heavy atom. The van der Waals surface area contributed by atoms with E-state index in [1.807, 2.05) is 25.2 Å². The number of rotatable bonds is 7. The molecule has 0 saturated carbocycles. The molecule has 4 heteroatoms. The lowest BCUT2D eigenvalue weighted by Crippen LogP contribution is -2.32. The highest BCUT2D eigenvalue weighted by molar-refractivity contribution is 5.54. The Labute approximate surface area is 116 Å². The van der Waals surface area contributed by atoms with Crippen LogP contribution in [0.15, 0.2) is 18.2 Å². The van der Waals surface area contributed by atoms with Gasteiger partial charge in [0.25, 0.3) is 0 Å². The van der Waals surface area contributed by atoms with Crippen molar-refractivity contribution < 1.29 is 9.84 Å². The number of benzene rings is 1. The summed E-state index contributed by atoms with van der Waals surface area (Å²) < 4.78 is 5.16. The minimum atomic E-state index is 0.153. The van der Waals surface area contributed by atoms with Gasteiger partial charge in [-0.2, -0.15) is 0 Å². The van der Waals surface area contributed by atoms with Gasteiger partial charge in [-0.15, -0.1) is 0 Å². The van der Waals surface area contributed by atoms with Gasteiger partial charge in [0.1, 0.15) is 5.75 Å². The molecule has 0 bridgehead atoms. The van der Waals surface area contributed by atoms with Gasteiger partial charge in [-0.05, 0) is 26.5 Å². The maximum atomic E-state index is 10.2. The van der Waals surface area contributed by atoms with Crippen LogP contribution < -0.4 is 10.2 Å². The van der Waals surface area contributed by atoms with E-state index in [0.717, 1.165) is 17.8 Å². The Hall–Kier alpha value is -1.26. The Kier molecular flexibility index (Phi) is 6.12. The highest BCUT2D eigenvalue weighted by Crippen LogP contribution is 2.29. The van der Waals surface area contributed by atoms with Gasteiger partial charge in [0.05, 0.1) is 6.61 Å². The zero-order chi connectivity index (χ0) is 14.4. The summed E-state index contributed by atoms with van der Waals surface area (Å²) in [4.78, 5) is 2.10. The van der Waals surface area contributed by atoms with Crippen molar-refractivity contribution in [2.24, 2.45) is 0 Å². The Morgan fingerprint density at radius 2 is 2.05 bits per heavy atom. The lowest BCUT2D eigenvalue weighted by Gasteiger charge is -2.27. The van der Waals surface area contributed by atoms with Crippen molar-refractivity contribution in [2.45, 2.75) is 32.9 Å². The molecule has 2 N–H and O–H groups in total. The minimum Gasteiger partial charge on any atom is -0.508 e. The third kappa shape index (κ3) is 4.11. The molecule has 0 aliphatic heterocycles. The predicted octanol–water partition coefficient (Wildman–Crippen LogP) is 2.53. The molecule has 4 nitrogen and oxygen atoms in total. The number of nitrogens with zero attached hydrogens (tertiary/aromatic N) is 1. The first-order chi connectivity index (χ1) is 9.01. The standard InChI is InChI=1S/C15H26N2O2/c1-6-16-12(3)14-8-7-13(9-15(14)18)17(4)11(2)10-19-5/h7-9,11-12,16,18H,6,10H2,1-5H3. The number of likely N-dealkylation sites (N-methyl/N-ethyl adjacent to an activating group) is 1. The van der Waals surface area contributed by atoms with Crippen LogP contribution in [-0.2, 0) is 4.74 Å². The number of hydrogen-bond acceptors (Lipinski definition) is 4. The average Bonchev–Trinajstić information content (AvgIpc) is 2.38. The fourth-order valence-electron chi connectivity index (χ4n) is 2.14. The number of nitrogens with one attached hydrogen (secondary N) is 1. The van der Waals surface area contributed by atoms with Crippen molar-refractivity contribution in [3.63, 3.8) is 0 Å². The van der Waals surface area contributed by atoms with E-state index in [2.05, 4.69) is 31.0 Å². The van der Waals surface area contributed by atoms with Crippen LogP contribution >= 0.6 is 0 Å². The molecule has 0 saturated heterocycles. The molecule has 2 atom stereocenters. The van der Waals surface area contributed by atoms with Crippen molar-refractivity contribution in [3.05, 3.63) is 23.8 Å². The zero-order valence-electron chi connectivity index (χ0n) is 12.6. The third-order valence-electron chi connectivity index (χ3n) is 3.47. The van der Waals surface area contributed by atoms with Gasteiger partial charge in [-0.1, -0.05) is 13.0 Å². The van der Waals surface area contributed by atoms with Crippen molar-refractivity contribution in [1.82, 2.24) is 5.32 Å². The highest BCUT2D eigenvalue weighted by Gasteiger charge is 2.14. The minimum absolute atomic E-state index is 0.153. The van der Waals surface area contributed by atoms with Gasteiger partial charge in [0.15, 0.2) is 0 Å². The Bertz CT molecular complexity index is 396. The fraction of sp³-hybridized carbons (Fsp3) is 0.600. The van der Waals surface area contributed by atoms with Gasteiger partial charge in [0, 0.05) is 43.6 Å². The van der Waals surface area contributed by atoms with Gasteiger partial charge in [0.2, 0.25) is 0 Å². The van der Waals surface area contributed by atoms with Gasteiger partial charge >= 0.3 is 0 Å². The van der Waals surface area contributed by atoms with Crippen molar-refractivity contribution >= 4 is 5.69 Å². The molecule has 0 radical (unpaired) electrons. The van der Waals surface area contributed by atoms with Crippen molar-refractivity contribution in [2.75, 3.05) is 32.2 Å². The predicted molar refractivity (Wildman–Crippen MR) is 79.9 cm³/mol. The summed E-state index contributed by atoms with van der Waals surface area (Å²) in [5.74, 6) is 0.336. The maximum Gasteiger partial charge on any atom is 0.122 e. The molecular weight excluding hydrogens is 240 g/mol. The fourth-order valence-corrected chi connectivity index (χ4v) is 2.14. The Morgan fingerprint density at radius 3 is 2.58 bits per heavy atom. The van der Waals surface area contributed by atoms with E-state index in [1.165, 1.54) is 0 Å². The lowest BCUT2D eigenvalue weighted by molar-refractivity contribution is 0.183. The molecule has 19 heavy (non-hydrogen) atoms. The van der Waals surface area contributed by atoms with Gasteiger partial charge < -0.3 is 20.1 Å². The quantitative estimate of drug-likeness (QED) is 0.796. The molecule has 0 amide bonds. The normalized spacial score (nSPS) is 14.2. The summed E-state index contributed by atoms with van der Waals surface area (Å²) >= 11 is 0. The molecule has 0 aromatic heterocycles. The van der Waals surface area contributed by atoms with Crippen LogP contribution in [0.4, 0.5) is 5.69 Å². The Balaban J connectivity index is 2.87. The number of methoxy groups -OCH3 is 1.